The molecule has 0 bridgehead atoms. The van der Waals surface area contributed by atoms with Crippen molar-refractivity contribution in [2.75, 3.05) is 32.8 Å². The van der Waals surface area contributed by atoms with E-state index in [0.717, 1.165) is 31.9 Å². The standard InChI is InChI=1S/C16H25N3O2/c1-16(2,3)15(20)18-12-14(13-5-4-6-17-11-13)19-7-9-21-10-8-19/h4-6,11,14H,7-10,12H2,1-3H3,(H,18,20)/t14-/m0/s1. The predicted octanol–water partition coefficient (Wildman–Crippen LogP) is 1.62. The lowest BCUT2D eigenvalue weighted by atomic mass is 9.95. The van der Waals surface area contributed by atoms with Crippen LogP contribution in [0.5, 0.6) is 0 Å². The van der Waals surface area contributed by atoms with E-state index >= 15 is 0 Å². The van der Waals surface area contributed by atoms with Crippen molar-refractivity contribution >= 4 is 5.91 Å². The molecule has 0 radical (unpaired) electrons. The van der Waals surface area contributed by atoms with Crippen molar-refractivity contribution in [1.29, 1.82) is 0 Å². The van der Waals surface area contributed by atoms with Crippen molar-refractivity contribution in [3.63, 3.8) is 0 Å². The number of carbonyl (C=O) groups excluding carboxylic acids is 1. The van der Waals surface area contributed by atoms with Crippen molar-refractivity contribution in [2.24, 2.45) is 5.41 Å². The van der Waals surface area contributed by atoms with Gasteiger partial charge in [0, 0.05) is 37.4 Å². The van der Waals surface area contributed by atoms with Crippen LogP contribution in [-0.4, -0.2) is 48.6 Å². The fourth-order valence-electron chi connectivity index (χ4n) is 2.37. The smallest absolute Gasteiger partial charge is 0.225 e. The monoisotopic (exact) mass is 291 g/mol. The summed E-state index contributed by atoms with van der Waals surface area (Å²) in [4.78, 5) is 18.7. The van der Waals surface area contributed by atoms with E-state index in [9.17, 15) is 4.79 Å². The first-order valence-corrected chi connectivity index (χ1v) is 7.48. The predicted molar refractivity (Wildman–Crippen MR) is 81.8 cm³/mol. The minimum atomic E-state index is -0.371. The lowest BCUT2D eigenvalue weighted by Crippen LogP contribution is -2.45. The van der Waals surface area contributed by atoms with Gasteiger partial charge in [0.2, 0.25) is 5.91 Å². The molecule has 1 aliphatic rings. The van der Waals surface area contributed by atoms with Crippen LogP contribution in [-0.2, 0) is 9.53 Å². The number of hydrogen-bond donors (Lipinski definition) is 1. The SMILES string of the molecule is CC(C)(C)C(=O)NC[C@@H](c1cccnc1)N1CCOCC1. The Morgan fingerprint density at radius 1 is 1.43 bits per heavy atom. The van der Waals surface area contributed by atoms with E-state index in [0.29, 0.717) is 6.54 Å². The van der Waals surface area contributed by atoms with Crippen LogP contribution >= 0.6 is 0 Å². The Morgan fingerprint density at radius 2 is 2.14 bits per heavy atom. The van der Waals surface area contributed by atoms with Crippen LogP contribution in [0.25, 0.3) is 0 Å². The van der Waals surface area contributed by atoms with Gasteiger partial charge in [-0.1, -0.05) is 26.8 Å². The molecular weight excluding hydrogens is 266 g/mol. The highest BCUT2D eigenvalue weighted by atomic mass is 16.5. The van der Waals surface area contributed by atoms with Gasteiger partial charge in [0.25, 0.3) is 0 Å². The summed E-state index contributed by atoms with van der Waals surface area (Å²) in [6.07, 6.45) is 3.65. The number of hydrogen-bond acceptors (Lipinski definition) is 4. The number of nitrogens with one attached hydrogen (secondary N) is 1. The number of rotatable bonds is 4. The zero-order valence-electron chi connectivity index (χ0n) is 13.1. The molecule has 2 heterocycles. The van der Waals surface area contributed by atoms with Crippen LogP contribution in [0.15, 0.2) is 24.5 Å². The number of morpholine rings is 1. The van der Waals surface area contributed by atoms with Gasteiger partial charge < -0.3 is 10.1 Å². The molecular formula is C16H25N3O2. The molecule has 0 aromatic carbocycles. The number of amides is 1. The topological polar surface area (TPSA) is 54.5 Å². The maximum absolute atomic E-state index is 12.1. The van der Waals surface area contributed by atoms with E-state index < -0.39 is 0 Å². The number of aromatic nitrogens is 1. The first-order valence-electron chi connectivity index (χ1n) is 7.48. The molecule has 21 heavy (non-hydrogen) atoms. The van der Waals surface area contributed by atoms with E-state index in [1.807, 2.05) is 33.0 Å². The van der Waals surface area contributed by atoms with Gasteiger partial charge in [0.1, 0.15) is 0 Å². The molecule has 5 heteroatoms. The summed E-state index contributed by atoms with van der Waals surface area (Å²) in [7, 11) is 0. The quantitative estimate of drug-likeness (QED) is 0.916. The highest BCUT2D eigenvalue weighted by molar-refractivity contribution is 5.81. The zero-order valence-corrected chi connectivity index (χ0v) is 13.1. The molecule has 1 atom stereocenters. The molecule has 0 aliphatic carbocycles. The lowest BCUT2D eigenvalue weighted by Gasteiger charge is -2.35. The van der Waals surface area contributed by atoms with Crippen LogP contribution in [0, 0.1) is 5.41 Å². The number of nitrogens with zero attached hydrogens (tertiary/aromatic N) is 2. The molecule has 1 amide bonds. The summed E-state index contributed by atoms with van der Waals surface area (Å²) >= 11 is 0. The van der Waals surface area contributed by atoms with Crippen LogP contribution in [0.3, 0.4) is 0 Å². The second kappa shape index (κ2) is 7.00. The lowest BCUT2D eigenvalue weighted by molar-refractivity contribution is -0.128. The second-order valence-electron chi connectivity index (χ2n) is 6.41. The van der Waals surface area contributed by atoms with Crippen LogP contribution < -0.4 is 5.32 Å². The van der Waals surface area contributed by atoms with Crippen LogP contribution in [0.1, 0.15) is 32.4 Å². The molecule has 116 valence electrons. The van der Waals surface area contributed by atoms with Gasteiger partial charge >= 0.3 is 0 Å². The molecule has 1 aromatic heterocycles. The van der Waals surface area contributed by atoms with Crippen molar-refractivity contribution in [3.8, 4) is 0 Å². The average Bonchev–Trinajstić information content (AvgIpc) is 2.48. The molecule has 0 unspecified atom stereocenters. The van der Waals surface area contributed by atoms with Gasteiger partial charge in [-0.3, -0.25) is 14.7 Å². The molecule has 1 saturated heterocycles. The Hall–Kier alpha value is -1.46. The first-order chi connectivity index (χ1) is 9.98. The van der Waals surface area contributed by atoms with Crippen molar-refractivity contribution in [2.45, 2.75) is 26.8 Å². The Morgan fingerprint density at radius 3 is 2.71 bits per heavy atom. The number of pyridine rings is 1. The second-order valence-corrected chi connectivity index (χ2v) is 6.41. The average molecular weight is 291 g/mol. The van der Waals surface area contributed by atoms with E-state index in [2.05, 4.69) is 21.3 Å². The third-order valence-corrected chi connectivity index (χ3v) is 3.69. The molecule has 0 saturated carbocycles. The van der Waals surface area contributed by atoms with Crippen LogP contribution in [0.2, 0.25) is 0 Å². The Labute approximate surface area is 126 Å². The maximum atomic E-state index is 12.1. The molecule has 0 spiro atoms. The van der Waals surface area contributed by atoms with Gasteiger partial charge in [-0.15, -0.1) is 0 Å². The van der Waals surface area contributed by atoms with Gasteiger partial charge in [-0.05, 0) is 11.6 Å². The Balaban J connectivity index is 2.07. The molecule has 2 rings (SSSR count). The van der Waals surface area contributed by atoms with Gasteiger partial charge in [-0.25, -0.2) is 0 Å². The van der Waals surface area contributed by atoms with Crippen molar-refractivity contribution in [3.05, 3.63) is 30.1 Å². The summed E-state index contributed by atoms with van der Waals surface area (Å²) in [6, 6.07) is 4.15. The summed E-state index contributed by atoms with van der Waals surface area (Å²) in [5.41, 5.74) is 0.762. The summed E-state index contributed by atoms with van der Waals surface area (Å²) in [5, 5.41) is 3.07. The maximum Gasteiger partial charge on any atom is 0.225 e. The molecule has 1 aliphatic heterocycles. The summed E-state index contributed by atoms with van der Waals surface area (Å²) in [6.45, 7) is 9.62. The van der Waals surface area contributed by atoms with Gasteiger partial charge in [0.05, 0.1) is 19.3 Å². The number of carbonyl (C=O) groups is 1. The normalized spacial score (nSPS) is 18.2. The molecule has 1 N–H and O–H groups in total. The minimum Gasteiger partial charge on any atom is -0.379 e. The van der Waals surface area contributed by atoms with E-state index in [1.165, 1.54) is 0 Å². The van der Waals surface area contributed by atoms with Crippen molar-refractivity contribution in [1.82, 2.24) is 15.2 Å². The molecule has 1 aromatic rings. The fraction of sp³-hybridized carbons (Fsp3) is 0.625. The highest BCUT2D eigenvalue weighted by Gasteiger charge is 2.26. The van der Waals surface area contributed by atoms with E-state index in [1.54, 1.807) is 6.20 Å². The molecule has 1 fully saturated rings. The largest absolute Gasteiger partial charge is 0.379 e. The summed E-state index contributed by atoms with van der Waals surface area (Å²) < 4.78 is 5.42. The zero-order chi connectivity index (χ0) is 15.3. The Kier molecular flexibility index (Phi) is 5.31. The summed E-state index contributed by atoms with van der Waals surface area (Å²) in [5.74, 6) is 0.0737. The van der Waals surface area contributed by atoms with Gasteiger partial charge in [0.15, 0.2) is 0 Å². The Bertz CT molecular complexity index is 450. The van der Waals surface area contributed by atoms with E-state index in [-0.39, 0.29) is 17.4 Å². The van der Waals surface area contributed by atoms with Crippen molar-refractivity contribution < 1.29 is 9.53 Å². The number of ether oxygens (including phenoxy) is 1. The third kappa shape index (κ3) is 4.51. The molecule has 5 nitrogen and oxygen atoms in total. The highest BCUT2D eigenvalue weighted by Crippen LogP contribution is 2.21. The van der Waals surface area contributed by atoms with E-state index in [4.69, 9.17) is 4.74 Å². The van der Waals surface area contributed by atoms with Crippen LogP contribution in [0.4, 0.5) is 0 Å². The first kappa shape index (κ1) is 15.9. The van der Waals surface area contributed by atoms with Gasteiger partial charge in [-0.2, -0.15) is 0 Å². The minimum absolute atomic E-state index is 0.0737. The fourth-order valence-corrected chi connectivity index (χ4v) is 2.37. The third-order valence-electron chi connectivity index (χ3n) is 3.69.